The van der Waals surface area contributed by atoms with Crippen LogP contribution in [0.15, 0.2) is 29.1 Å². The average Bonchev–Trinajstić information content (AvgIpc) is 2.91. The number of carbonyl (C=O) groups is 1. The third-order valence-corrected chi connectivity index (χ3v) is 4.96. The maximum atomic E-state index is 12.6. The van der Waals surface area contributed by atoms with Crippen molar-refractivity contribution in [1.82, 2.24) is 15.0 Å². The van der Waals surface area contributed by atoms with Gasteiger partial charge in [0, 0.05) is 17.8 Å². The van der Waals surface area contributed by atoms with E-state index in [1.54, 1.807) is 12.1 Å². The zero-order valence-electron chi connectivity index (χ0n) is 14.8. The first-order chi connectivity index (χ1) is 12.6. The summed E-state index contributed by atoms with van der Waals surface area (Å²) in [6, 6.07) is 7.27. The maximum absolute atomic E-state index is 12.6. The number of rotatable bonds is 3. The average molecular weight is 350 g/mol. The van der Waals surface area contributed by atoms with Crippen molar-refractivity contribution in [2.24, 2.45) is 0 Å². The van der Waals surface area contributed by atoms with Crippen LogP contribution in [0.4, 0.5) is 5.69 Å². The van der Waals surface area contributed by atoms with Crippen molar-refractivity contribution in [2.75, 3.05) is 5.32 Å². The monoisotopic (exact) mass is 350 g/mol. The Kier molecular flexibility index (Phi) is 4.32. The van der Waals surface area contributed by atoms with Crippen LogP contribution in [0.2, 0.25) is 0 Å². The Hall–Kier alpha value is -2.89. The van der Waals surface area contributed by atoms with Gasteiger partial charge in [0.2, 0.25) is 0 Å². The number of hydrogen-bond acceptors (Lipinski definition) is 3. The molecule has 2 aromatic heterocycles. The van der Waals surface area contributed by atoms with Crippen LogP contribution in [0.5, 0.6) is 0 Å². The molecule has 1 aliphatic carbocycles. The van der Waals surface area contributed by atoms with E-state index in [4.69, 9.17) is 0 Å². The molecule has 6 heteroatoms. The summed E-state index contributed by atoms with van der Waals surface area (Å²) in [6.45, 7) is 2.03. The minimum absolute atomic E-state index is 0.171. The van der Waals surface area contributed by atoms with Gasteiger partial charge in [0.25, 0.3) is 11.5 Å². The number of aromatic nitrogens is 3. The number of fused-ring (bicyclic) bond motifs is 2. The van der Waals surface area contributed by atoms with Gasteiger partial charge in [0.1, 0.15) is 11.4 Å². The molecule has 6 nitrogen and oxygen atoms in total. The Balaban J connectivity index is 1.62. The Labute approximate surface area is 151 Å². The first-order valence-corrected chi connectivity index (χ1v) is 9.19. The maximum Gasteiger partial charge on any atom is 0.261 e. The molecule has 2 heterocycles. The summed E-state index contributed by atoms with van der Waals surface area (Å²) in [5.74, 6) is 0.526. The summed E-state index contributed by atoms with van der Waals surface area (Å²) in [6.07, 6.45) is 5.94. The Morgan fingerprint density at radius 1 is 1.15 bits per heavy atom. The molecule has 0 aliphatic heterocycles. The summed E-state index contributed by atoms with van der Waals surface area (Å²) in [7, 11) is 0. The highest BCUT2D eigenvalue weighted by Crippen LogP contribution is 2.20. The van der Waals surface area contributed by atoms with Gasteiger partial charge in [-0.05, 0) is 55.5 Å². The number of amides is 1. The highest BCUT2D eigenvalue weighted by atomic mass is 16.2. The molecule has 0 radical (unpaired) electrons. The number of H-pyrrole nitrogens is 2. The van der Waals surface area contributed by atoms with Crippen LogP contribution in [0.3, 0.4) is 0 Å². The molecular weight excluding hydrogens is 328 g/mol. The smallest absolute Gasteiger partial charge is 0.261 e. The number of nitrogens with zero attached hydrogens (tertiary/aromatic N) is 1. The van der Waals surface area contributed by atoms with Crippen molar-refractivity contribution < 1.29 is 4.79 Å². The number of benzene rings is 1. The first kappa shape index (κ1) is 16.6. The van der Waals surface area contributed by atoms with Crippen molar-refractivity contribution in [3.05, 3.63) is 57.3 Å². The fraction of sp³-hybridized carbons (Fsp3) is 0.350. The summed E-state index contributed by atoms with van der Waals surface area (Å²) in [5.41, 5.74) is 4.30. The normalized spacial score (nSPS) is 14.0. The van der Waals surface area contributed by atoms with Gasteiger partial charge in [-0.25, -0.2) is 4.98 Å². The number of imidazole rings is 1. The second-order valence-electron chi connectivity index (χ2n) is 6.80. The van der Waals surface area contributed by atoms with Crippen molar-refractivity contribution in [1.29, 1.82) is 0 Å². The van der Waals surface area contributed by atoms with E-state index >= 15 is 0 Å². The SMILES string of the molecule is CCc1nc2ccc(NC(=O)c3cc4c([nH]c3=O)CCCCC4)cc2[nH]1. The summed E-state index contributed by atoms with van der Waals surface area (Å²) in [4.78, 5) is 35.6. The second-order valence-corrected chi connectivity index (χ2v) is 6.80. The molecule has 1 amide bonds. The minimum atomic E-state index is -0.382. The molecule has 0 atom stereocenters. The third kappa shape index (κ3) is 3.14. The lowest BCUT2D eigenvalue weighted by molar-refractivity contribution is 0.102. The van der Waals surface area contributed by atoms with Gasteiger partial charge in [-0.1, -0.05) is 13.3 Å². The molecule has 0 spiro atoms. The van der Waals surface area contributed by atoms with Crippen LogP contribution in [0.1, 0.15) is 53.6 Å². The number of carbonyl (C=O) groups excluding carboxylic acids is 1. The Bertz CT molecular complexity index is 1030. The molecule has 26 heavy (non-hydrogen) atoms. The van der Waals surface area contributed by atoms with Crippen LogP contribution in [0, 0.1) is 0 Å². The molecule has 3 N–H and O–H groups in total. The van der Waals surface area contributed by atoms with Crippen LogP contribution in [-0.4, -0.2) is 20.9 Å². The first-order valence-electron chi connectivity index (χ1n) is 9.19. The van der Waals surface area contributed by atoms with Crippen LogP contribution in [-0.2, 0) is 19.3 Å². The quantitative estimate of drug-likeness (QED) is 0.633. The molecule has 134 valence electrons. The summed E-state index contributed by atoms with van der Waals surface area (Å²) >= 11 is 0. The molecule has 4 rings (SSSR count). The molecular formula is C20H22N4O2. The number of hydrogen-bond donors (Lipinski definition) is 3. The molecule has 3 aromatic rings. The van der Waals surface area contributed by atoms with E-state index in [0.29, 0.717) is 5.69 Å². The lowest BCUT2D eigenvalue weighted by Gasteiger charge is -2.09. The number of aromatic amines is 2. The van der Waals surface area contributed by atoms with E-state index in [-0.39, 0.29) is 17.0 Å². The van der Waals surface area contributed by atoms with Crippen LogP contribution in [0.25, 0.3) is 11.0 Å². The number of nitrogens with one attached hydrogen (secondary N) is 3. The molecule has 1 aromatic carbocycles. The molecule has 0 saturated heterocycles. The molecule has 0 unspecified atom stereocenters. The van der Waals surface area contributed by atoms with E-state index in [1.165, 1.54) is 0 Å². The van der Waals surface area contributed by atoms with Crippen molar-refractivity contribution in [2.45, 2.75) is 45.4 Å². The molecule has 0 saturated carbocycles. The predicted octanol–water partition coefficient (Wildman–Crippen LogP) is 3.33. The van der Waals surface area contributed by atoms with Crippen LogP contribution >= 0.6 is 0 Å². The van der Waals surface area contributed by atoms with E-state index in [0.717, 1.165) is 66.6 Å². The van der Waals surface area contributed by atoms with Crippen LogP contribution < -0.4 is 10.9 Å². The van der Waals surface area contributed by atoms with Gasteiger partial charge in [0.15, 0.2) is 0 Å². The third-order valence-electron chi connectivity index (χ3n) is 4.96. The van der Waals surface area contributed by atoms with E-state index < -0.39 is 0 Å². The van der Waals surface area contributed by atoms with E-state index in [9.17, 15) is 9.59 Å². The second kappa shape index (κ2) is 6.78. The zero-order valence-corrected chi connectivity index (χ0v) is 14.8. The van der Waals surface area contributed by atoms with Crippen molar-refractivity contribution >= 4 is 22.6 Å². The number of aryl methyl sites for hydroxylation is 3. The molecule has 0 bridgehead atoms. The number of pyridine rings is 1. The van der Waals surface area contributed by atoms with E-state index in [1.807, 2.05) is 19.1 Å². The van der Waals surface area contributed by atoms with Gasteiger partial charge in [-0.3, -0.25) is 9.59 Å². The van der Waals surface area contributed by atoms with Crippen molar-refractivity contribution in [3.8, 4) is 0 Å². The molecule has 0 fully saturated rings. The number of anilines is 1. The Morgan fingerprint density at radius 3 is 2.85 bits per heavy atom. The minimum Gasteiger partial charge on any atom is -0.342 e. The standard InChI is InChI=1S/C20H22N4O2/c1-2-18-22-16-9-8-13(11-17(16)23-18)21-19(25)14-10-12-6-4-3-5-7-15(12)24-20(14)26/h8-11H,2-7H2,1H3,(H,21,25)(H,22,23)(H,24,26). The Morgan fingerprint density at radius 2 is 2.00 bits per heavy atom. The highest BCUT2D eigenvalue weighted by Gasteiger charge is 2.17. The van der Waals surface area contributed by atoms with Gasteiger partial charge in [-0.2, -0.15) is 0 Å². The van der Waals surface area contributed by atoms with Gasteiger partial charge < -0.3 is 15.3 Å². The largest absolute Gasteiger partial charge is 0.342 e. The van der Waals surface area contributed by atoms with Crippen molar-refractivity contribution in [3.63, 3.8) is 0 Å². The zero-order chi connectivity index (χ0) is 18.1. The predicted molar refractivity (Wildman–Crippen MR) is 102 cm³/mol. The topological polar surface area (TPSA) is 90.6 Å². The van der Waals surface area contributed by atoms with Gasteiger partial charge >= 0.3 is 0 Å². The lowest BCUT2D eigenvalue weighted by Crippen LogP contribution is -2.25. The highest BCUT2D eigenvalue weighted by molar-refractivity contribution is 6.04. The fourth-order valence-corrected chi connectivity index (χ4v) is 3.53. The molecule has 1 aliphatic rings. The van der Waals surface area contributed by atoms with Gasteiger partial charge in [0.05, 0.1) is 11.0 Å². The fourth-order valence-electron chi connectivity index (χ4n) is 3.53. The summed E-state index contributed by atoms with van der Waals surface area (Å²) < 4.78 is 0. The lowest BCUT2D eigenvalue weighted by atomic mass is 10.1. The van der Waals surface area contributed by atoms with E-state index in [2.05, 4.69) is 20.3 Å². The summed E-state index contributed by atoms with van der Waals surface area (Å²) in [5, 5.41) is 2.83. The van der Waals surface area contributed by atoms with Gasteiger partial charge in [-0.15, -0.1) is 0 Å².